The lowest BCUT2D eigenvalue weighted by molar-refractivity contribution is -0.127. The van der Waals surface area contributed by atoms with Crippen LogP contribution in [0.4, 0.5) is 0 Å². The van der Waals surface area contributed by atoms with Gasteiger partial charge in [0.25, 0.3) is 0 Å². The first-order valence-corrected chi connectivity index (χ1v) is 8.24. The highest BCUT2D eigenvalue weighted by molar-refractivity contribution is 9.10. The fourth-order valence-electron chi connectivity index (χ4n) is 1.93. The minimum absolute atomic E-state index is 0.0296. The van der Waals surface area contributed by atoms with Crippen LogP contribution < -0.4 is 10.6 Å². The van der Waals surface area contributed by atoms with Crippen molar-refractivity contribution in [2.45, 2.75) is 25.9 Å². The molecule has 1 amide bonds. The Balaban J connectivity index is 1.94. The second-order valence-corrected chi connectivity index (χ2v) is 6.81. The number of nitrogens with zero attached hydrogens (tertiary/aromatic N) is 2. The molecule has 0 spiro atoms. The Hall–Kier alpha value is -1.56. The number of hydrogen-bond acceptors (Lipinski definition) is 2. The Morgan fingerprint density at radius 2 is 2.00 bits per heavy atom. The summed E-state index contributed by atoms with van der Waals surface area (Å²) < 4.78 is 1.06. The number of carbonyl (C=O) groups excluding carboxylic acids is 1. The van der Waals surface area contributed by atoms with Crippen LogP contribution in [0, 0.1) is 5.92 Å². The van der Waals surface area contributed by atoms with Crippen molar-refractivity contribution in [3.63, 3.8) is 0 Å². The molecule has 1 aliphatic carbocycles. The zero-order chi connectivity index (χ0) is 16.1. The molecule has 0 bridgehead atoms. The highest BCUT2D eigenvalue weighted by Crippen LogP contribution is 2.28. The zero-order valence-electron chi connectivity index (χ0n) is 13.3. The third-order valence-corrected chi connectivity index (χ3v) is 4.20. The molecule has 120 valence electrons. The molecule has 1 fully saturated rings. The van der Waals surface area contributed by atoms with Gasteiger partial charge in [-0.25, -0.2) is 4.99 Å². The molecule has 2 unspecified atom stereocenters. The largest absolute Gasteiger partial charge is 0.353 e. The van der Waals surface area contributed by atoms with Crippen LogP contribution in [-0.4, -0.2) is 43.4 Å². The van der Waals surface area contributed by atoms with Crippen molar-refractivity contribution in [3.05, 3.63) is 34.3 Å². The van der Waals surface area contributed by atoms with Crippen LogP contribution >= 0.6 is 15.9 Å². The van der Waals surface area contributed by atoms with Crippen molar-refractivity contribution in [1.29, 1.82) is 0 Å². The number of amides is 1. The van der Waals surface area contributed by atoms with E-state index in [9.17, 15) is 4.79 Å². The average Bonchev–Trinajstić information content (AvgIpc) is 3.18. The standard InChI is InChI=1S/C16H23BrN4O/c1-11-8-14(11)20-16(19-10-15(22)21(2)3)18-9-12-4-6-13(17)7-5-12/h4-7,11,14H,8-10H2,1-3H3,(H2,18,19,20). The van der Waals surface area contributed by atoms with Gasteiger partial charge in [0.15, 0.2) is 5.96 Å². The summed E-state index contributed by atoms with van der Waals surface area (Å²) >= 11 is 3.42. The molecule has 6 heteroatoms. The van der Waals surface area contributed by atoms with E-state index < -0.39 is 0 Å². The summed E-state index contributed by atoms with van der Waals surface area (Å²) in [5.41, 5.74) is 1.13. The predicted octanol–water partition coefficient (Wildman–Crippen LogP) is 1.98. The quantitative estimate of drug-likeness (QED) is 0.618. The number of guanidine groups is 1. The maximum atomic E-state index is 11.7. The molecule has 1 saturated carbocycles. The minimum Gasteiger partial charge on any atom is -0.353 e. The van der Waals surface area contributed by atoms with Crippen LogP contribution in [0.5, 0.6) is 0 Å². The molecule has 2 rings (SSSR count). The number of benzene rings is 1. The van der Waals surface area contributed by atoms with E-state index in [0.29, 0.717) is 24.5 Å². The van der Waals surface area contributed by atoms with Gasteiger partial charge in [0, 0.05) is 24.6 Å². The van der Waals surface area contributed by atoms with Gasteiger partial charge in [-0.1, -0.05) is 35.0 Å². The fraction of sp³-hybridized carbons (Fsp3) is 0.500. The van der Waals surface area contributed by atoms with Gasteiger partial charge >= 0.3 is 0 Å². The van der Waals surface area contributed by atoms with Crippen LogP contribution in [0.1, 0.15) is 18.9 Å². The van der Waals surface area contributed by atoms with Gasteiger partial charge in [-0.15, -0.1) is 0 Å². The van der Waals surface area contributed by atoms with E-state index in [1.54, 1.807) is 19.0 Å². The topological polar surface area (TPSA) is 56.7 Å². The molecule has 2 atom stereocenters. The summed E-state index contributed by atoms with van der Waals surface area (Å²) in [5.74, 6) is 1.40. The van der Waals surface area contributed by atoms with E-state index in [4.69, 9.17) is 0 Å². The van der Waals surface area contributed by atoms with Crippen LogP contribution in [0.15, 0.2) is 33.7 Å². The van der Waals surface area contributed by atoms with Gasteiger partial charge in [-0.3, -0.25) is 4.79 Å². The van der Waals surface area contributed by atoms with E-state index >= 15 is 0 Å². The lowest BCUT2D eigenvalue weighted by Crippen LogP contribution is -2.44. The summed E-state index contributed by atoms with van der Waals surface area (Å²) in [6.07, 6.45) is 1.15. The van der Waals surface area contributed by atoms with E-state index in [1.807, 2.05) is 24.3 Å². The minimum atomic E-state index is 0.0296. The Morgan fingerprint density at radius 3 is 2.55 bits per heavy atom. The second-order valence-electron chi connectivity index (χ2n) is 5.90. The van der Waals surface area contributed by atoms with Gasteiger partial charge in [-0.2, -0.15) is 0 Å². The molecule has 0 aliphatic heterocycles. The molecule has 5 nitrogen and oxygen atoms in total. The number of nitrogens with one attached hydrogen (secondary N) is 2. The summed E-state index contributed by atoms with van der Waals surface area (Å²) in [4.78, 5) is 17.8. The van der Waals surface area contributed by atoms with Crippen molar-refractivity contribution < 1.29 is 4.79 Å². The predicted molar refractivity (Wildman–Crippen MR) is 92.7 cm³/mol. The van der Waals surface area contributed by atoms with Gasteiger partial charge in [-0.05, 0) is 30.0 Å². The summed E-state index contributed by atoms with van der Waals surface area (Å²) in [6, 6.07) is 8.55. The lowest BCUT2D eigenvalue weighted by atomic mass is 10.2. The molecule has 0 radical (unpaired) electrons. The first-order chi connectivity index (χ1) is 10.5. The average molecular weight is 367 g/mol. The van der Waals surface area contributed by atoms with E-state index in [0.717, 1.165) is 16.5 Å². The second kappa shape index (κ2) is 7.63. The van der Waals surface area contributed by atoms with Crippen molar-refractivity contribution >= 4 is 27.8 Å². The molecule has 1 aliphatic rings. The first kappa shape index (κ1) is 16.8. The van der Waals surface area contributed by atoms with E-state index in [2.05, 4.69) is 38.5 Å². The third kappa shape index (κ3) is 5.33. The number of likely N-dealkylation sites (N-methyl/N-ethyl adjacent to an activating group) is 1. The zero-order valence-corrected chi connectivity index (χ0v) is 14.9. The first-order valence-electron chi connectivity index (χ1n) is 7.45. The summed E-state index contributed by atoms with van der Waals surface area (Å²) in [6.45, 7) is 3.04. The molecule has 0 aromatic heterocycles. The van der Waals surface area contributed by atoms with E-state index in [1.165, 1.54) is 0 Å². The molecule has 0 saturated heterocycles. The number of halogens is 1. The number of carbonyl (C=O) groups is 1. The summed E-state index contributed by atoms with van der Waals surface area (Å²) in [7, 11) is 3.50. The van der Waals surface area contributed by atoms with Crippen molar-refractivity contribution in [2.75, 3.05) is 20.6 Å². The van der Waals surface area contributed by atoms with Gasteiger partial charge < -0.3 is 15.5 Å². The maximum absolute atomic E-state index is 11.7. The van der Waals surface area contributed by atoms with Crippen LogP contribution in [-0.2, 0) is 11.3 Å². The molecule has 1 aromatic carbocycles. The number of aliphatic imine (C=N–C) groups is 1. The Kier molecular flexibility index (Phi) is 5.83. The van der Waals surface area contributed by atoms with Crippen molar-refractivity contribution in [1.82, 2.24) is 15.5 Å². The highest BCUT2D eigenvalue weighted by Gasteiger charge is 2.33. The van der Waals surface area contributed by atoms with Crippen molar-refractivity contribution in [2.24, 2.45) is 10.9 Å². The molecule has 2 N–H and O–H groups in total. The SMILES string of the molecule is CC1CC1NC(=NCc1ccc(Br)cc1)NCC(=O)N(C)C. The summed E-state index contributed by atoms with van der Waals surface area (Å²) in [5, 5.41) is 6.49. The fourth-order valence-corrected chi connectivity index (χ4v) is 2.19. The molecular weight excluding hydrogens is 344 g/mol. The molecule has 1 aromatic rings. The molecular formula is C16H23BrN4O. The highest BCUT2D eigenvalue weighted by atomic mass is 79.9. The van der Waals surface area contributed by atoms with Crippen LogP contribution in [0.25, 0.3) is 0 Å². The number of hydrogen-bond donors (Lipinski definition) is 2. The normalized spacial score (nSPS) is 20.5. The van der Waals surface area contributed by atoms with Gasteiger partial charge in [0.2, 0.25) is 5.91 Å². The van der Waals surface area contributed by atoms with Gasteiger partial charge in [0.05, 0.1) is 13.1 Å². The van der Waals surface area contributed by atoms with Crippen molar-refractivity contribution in [3.8, 4) is 0 Å². The third-order valence-electron chi connectivity index (χ3n) is 3.67. The Bertz CT molecular complexity index is 542. The van der Waals surface area contributed by atoms with Gasteiger partial charge in [0.1, 0.15) is 0 Å². The van der Waals surface area contributed by atoms with E-state index in [-0.39, 0.29) is 12.5 Å². The number of rotatable bonds is 5. The molecule has 22 heavy (non-hydrogen) atoms. The van der Waals surface area contributed by atoms with Crippen LogP contribution in [0.3, 0.4) is 0 Å². The lowest BCUT2D eigenvalue weighted by Gasteiger charge is -2.15. The van der Waals surface area contributed by atoms with Crippen LogP contribution in [0.2, 0.25) is 0 Å². The monoisotopic (exact) mass is 366 g/mol. The smallest absolute Gasteiger partial charge is 0.241 e. The Morgan fingerprint density at radius 1 is 1.36 bits per heavy atom. The molecule has 0 heterocycles. The Labute approximate surface area is 140 Å². The maximum Gasteiger partial charge on any atom is 0.241 e.